The van der Waals surface area contributed by atoms with Gasteiger partial charge in [0.2, 0.25) is 0 Å². The molecular formula is C64H66N4OPt. The van der Waals surface area contributed by atoms with Crippen molar-refractivity contribution in [3.05, 3.63) is 182 Å². The van der Waals surface area contributed by atoms with E-state index in [-0.39, 0.29) is 26.5 Å². The van der Waals surface area contributed by atoms with Crippen LogP contribution in [0.15, 0.2) is 102 Å². The van der Waals surface area contributed by atoms with Gasteiger partial charge in [0.1, 0.15) is 11.7 Å². The van der Waals surface area contributed by atoms with Crippen molar-refractivity contribution in [1.29, 1.82) is 0 Å². The quantitative estimate of drug-likeness (QED) is 0.165. The summed E-state index contributed by atoms with van der Waals surface area (Å²) in [6, 6.07) is 41.5. The molecule has 0 saturated heterocycles. The maximum absolute atomic E-state index is 9.98. The van der Waals surface area contributed by atoms with E-state index in [1.165, 1.54) is 38.9 Å². The summed E-state index contributed by atoms with van der Waals surface area (Å²) in [5.74, 6) is 1.24. The van der Waals surface area contributed by atoms with Gasteiger partial charge >= 0.3 is 21.1 Å². The summed E-state index contributed by atoms with van der Waals surface area (Å²) in [6.07, 6.45) is 0.0941. The SMILES string of the molecule is [2H]C1([2H])c2cc(C)c(C)cc2[C@]2(C(C)(C)C)OC(c3[c-]c(N4c5[c-]c6c(cc5C(C)(C)c5cc(C)ccc54)c4cc(C)ccc4n6-c4cc(C(C)(C)C)ccn4)cc(-c4c(C)cc(C)cc4C)c3)=N[C@]12C.[Pt+2]. The number of hydrogen-bond donors (Lipinski definition) is 0. The molecule has 5 nitrogen and oxygen atoms in total. The summed E-state index contributed by atoms with van der Waals surface area (Å²) < 4.78 is 29.8. The van der Waals surface area contributed by atoms with Gasteiger partial charge in [0, 0.05) is 37.5 Å². The minimum absolute atomic E-state index is 0. The van der Waals surface area contributed by atoms with Crippen molar-refractivity contribution in [3.8, 4) is 16.9 Å². The first-order chi connectivity index (χ1) is 33.2. The summed E-state index contributed by atoms with van der Waals surface area (Å²) in [6.45, 7) is 34.9. The smallest absolute Gasteiger partial charge is 0.507 e. The van der Waals surface area contributed by atoms with Crippen LogP contribution in [0.2, 0.25) is 0 Å². The van der Waals surface area contributed by atoms with Gasteiger partial charge in [-0.25, -0.2) is 4.98 Å². The molecular weight excluding hydrogens is 1040 g/mol. The van der Waals surface area contributed by atoms with Crippen LogP contribution in [0.1, 0.15) is 137 Å². The van der Waals surface area contributed by atoms with Crippen LogP contribution in [0.4, 0.5) is 17.1 Å². The monoisotopic (exact) mass is 1100 g/mol. The molecule has 2 atom stereocenters. The molecule has 0 radical (unpaired) electrons. The molecule has 0 N–H and O–H groups in total. The van der Waals surface area contributed by atoms with Gasteiger partial charge in [-0.3, -0.25) is 4.99 Å². The van der Waals surface area contributed by atoms with Crippen molar-refractivity contribution in [2.24, 2.45) is 10.4 Å². The van der Waals surface area contributed by atoms with E-state index in [4.69, 9.17) is 14.7 Å². The second-order valence-electron chi connectivity index (χ2n) is 23.4. The van der Waals surface area contributed by atoms with Gasteiger partial charge in [-0.2, -0.15) is 6.07 Å². The van der Waals surface area contributed by atoms with Crippen molar-refractivity contribution in [2.45, 2.75) is 139 Å². The van der Waals surface area contributed by atoms with Crippen LogP contribution in [-0.2, 0) is 48.6 Å². The van der Waals surface area contributed by atoms with Crippen LogP contribution in [0, 0.1) is 66.0 Å². The average Bonchev–Trinajstić information content (AvgIpc) is 3.83. The van der Waals surface area contributed by atoms with Gasteiger partial charge in [-0.05, 0) is 146 Å². The Hall–Kier alpha value is -5.77. The number of aromatic nitrogens is 2. The zero-order valence-electron chi connectivity index (χ0n) is 45.8. The number of aryl methyl sites for hydroxylation is 7. The molecule has 0 amide bonds. The van der Waals surface area contributed by atoms with Crippen LogP contribution in [0.25, 0.3) is 38.8 Å². The summed E-state index contributed by atoms with van der Waals surface area (Å²) in [5.41, 5.74) is 17.3. The first-order valence-electron chi connectivity index (χ1n) is 25.6. The molecule has 0 unspecified atom stereocenters. The maximum Gasteiger partial charge on any atom is 2.00 e. The van der Waals surface area contributed by atoms with E-state index in [1.807, 2.05) is 19.2 Å². The van der Waals surface area contributed by atoms with E-state index < -0.39 is 28.3 Å². The number of rotatable bonds is 4. The Morgan fingerprint density at radius 3 is 2.06 bits per heavy atom. The van der Waals surface area contributed by atoms with E-state index in [2.05, 4.69) is 210 Å². The van der Waals surface area contributed by atoms with Crippen LogP contribution in [0.5, 0.6) is 0 Å². The fraction of sp³-hybridized carbons (Fsp3) is 0.344. The second-order valence-corrected chi connectivity index (χ2v) is 23.4. The number of benzene rings is 6. The number of ether oxygens (including phenoxy) is 1. The van der Waals surface area contributed by atoms with Crippen molar-refractivity contribution in [3.63, 3.8) is 0 Å². The molecule has 0 bridgehead atoms. The molecule has 358 valence electrons. The molecule has 0 fully saturated rings. The third-order valence-electron chi connectivity index (χ3n) is 15.7. The summed E-state index contributed by atoms with van der Waals surface area (Å²) >= 11 is 0. The minimum atomic E-state index is -1.84. The van der Waals surface area contributed by atoms with Crippen molar-refractivity contribution in [1.82, 2.24) is 9.55 Å². The molecule has 70 heavy (non-hydrogen) atoms. The molecule has 1 aliphatic carbocycles. The predicted octanol–water partition coefficient (Wildman–Crippen LogP) is 16.0. The Morgan fingerprint density at radius 2 is 1.36 bits per heavy atom. The van der Waals surface area contributed by atoms with E-state index in [1.54, 1.807) is 0 Å². The third kappa shape index (κ3) is 6.95. The predicted molar refractivity (Wildman–Crippen MR) is 288 cm³/mol. The molecule has 0 saturated carbocycles. The van der Waals surface area contributed by atoms with Gasteiger partial charge in [0.25, 0.3) is 0 Å². The normalized spacial score (nSPS) is 20.2. The summed E-state index contributed by atoms with van der Waals surface area (Å²) in [7, 11) is 0. The standard InChI is InChI=1S/C64H66N4O.Pt/c1-36-17-19-53-48(25-36)49-33-52-56(34-55(49)68(53)57-32-46(21-22-65-57)60(8,9)10)67(54-20-18-37(2)26-51(54)62(52,14)15)47-30-43(58-41(6)23-38(3)24-42(58)7)29-44(31-47)59-66-63(16)35-45-27-39(4)40(5)28-50(45)64(63,69-59)61(11,12)13;/h17-30,32-33H,35H2,1-16H3;/q-2;+2/t63-,64-;/m1./s1/i35D2;. The first kappa shape index (κ1) is 45.4. The Labute approximate surface area is 433 Å². The molecule has 3 aliphatic rings. The Balaban J connectivity index is 0.00000596. The number of aliphatic imine (C=N–C) groups is 1. The van der Waals surface area contributed by atoms with Crippen LogP contribution >= 0.6 is 0 Å². The van der Waals surface area contributed by atoms with Gasteiger partial charge in [0.15, 0.2) is 5.60 Å². The number of pyridine rings is 1. The molecule has 6 heteroatoms. The molecule has 8 aromatic rings. The fourth-order valence-electron chi connectivity index (χ4n) is 12.3. The van der Waals surface area contributed by atoms with Gasteiger partial charge in [-0.15, -0.1) is 35.2 Å². The number of nitrogens with zero attached hydrogens (tertiary/aromatic N) is 4. The summed E-state index contributed by atoms with van der Waals surface area (Å²) in [5, 5.41) is 2.29. The van der Waals surface area contributed by atoms with Crippen molar-refractivity contribution >= 4 is 44.8 Å². The molecule has 11 rings (SSSR count). The van der Waals surface area contributed by atoms with Crippen molar-refractivity contribution < 1.29 is 28.5 Å². The largest absolute Gasteiger partial charge is 2.00 e. The third-order valence-corrected chi connectivity index (χ3v) is 15.7. The Kier molecular flexibility index (Phi) is 10.3. The van der Waals surface area contributed by atoms with E-state index in [9.17, 15) is 2.74 Å². The topological polar surface area (TPSA) is 42.6 Å². The minimum Gasteiger partial charge on any atom is -0.507 e. The van der Waals surface area contributed by atoms with Crippen LogP contribution in [-0.4, -0.2) is 21.0 Å². The second kappa shape index (κ2) is 15.9. The molecule has 0 spiro atoms. The molecule has 2 aromatic heterocycles. The first-order valence-corrected chi connectivity index (χ1v) is 24.6. The summed E-state index contributed by atoms with van der Waals surface area (Å²) in [4.78, 5) is 12.9. The van der Waals surface area contributed by atoms with E-state index in [0.717, 1.165) is 78.1 Å². The van der Waals surface area contributed by atoms with E-state index >= 15 is 0 Å². The molecule has 6 aromatic carbocycles. The zero-order chi connectivity index (χ0) is 50.9. The van der Waals surface area contributed by atoms with Gasteiger partial charge in [-0.1, -0.05) is 143 Å². The number of hydrogen-bond acceptors (Lipinski definition) is 4. The fourth-order valence-corrected chi connectivity index (χ4v) is 12.3. The number of anilines is 3. The van der Waals surface area contributed by atoms with Gasteiger partial charge < -0.3 is 14.2 Å². The maximum atomic E-state index is 9.98. The van der Waals surface area contributed by atoms with Crippen LogP contribution in [0.3, 0.4) is 0 Å². The molecule has 4 heterocycles. The Morgan fingerprint density at radius 1 is 0.671 bits per heavy atom. The zero-order valence-corrected chi connectivity index (χ0v) is 46.0. The van der Waals surface area contributed by atoms with Gasteiger partial charge in [0.05, 0.1) is 5.54 Å². The Bertz CT molecular complexity index is 3640. The average molecular weight is 1100 g/mol. The molecule has 2 aliphatic heterocycles. The van der Waals surface area contributed by atoms with Crippen LogP contribution < -0.4 is 4.90 Å². The van der Waals surface area contributed by atoms with Crippen molar-refractivity contribution in [2.75, 3.05) is 4.90 Å². The van der Waals surface area contributed by atoms with E-state index in [0.29, 0.717) is 17.0 Å². The number of fused-ring (bicyclic) bond motifs is 8.